The molecule has 2 aliphatic carbocycles. The average Bonchev–Trinajstić information content (AvgIpc) is 3.39. The summed E-state index contributed by atoms with van der Waals surface area (Å²) in [5.41, 5.74) is 5.39. The number of pyridine rings is 1. The Kier molecular flexibility index (Phi) is 6.53. The molecule has 0 spiro atoms. The van der Waals surface area contributed by atoms with Crippen LogP contribution in [0.25, 0.3) is 0 Å². The normalized spacial score (nSPS) is 27.3. The lowest BCUT2D eigenvalue weighted by Gasteiger charge is -2.32. The molecule has 2 aromatic rings. The van der Waals surface area contributed by atoms with Crippen molar-refractivity contribution in [2.24, 2.45) is 17.8 Å². The third-order valence-electron chi connectivity index (χ3n) is 9.02. The highest BCUT2D eigenvalue weighted by Gasteiger charge is 2.35. The molecule has 2 unspecified atom stereocenters. The summed E-state index contributed by atoms with van der Waals surface area (Å²) < 4.78 is 0. The number of hydrogen-bond donors (Lipinski definition) is 0. The molecule has 3 atom stereocenters. The highest BCUT2D eigenvalue weighted by Crippen LogP contribution is 2.47. The zero-order valence-electron chi connectivity index (χ0n) is 21.2. The van der Waals surface area contributed by atoms with E-state index in [2.05, 4.69) is 53.1 Å². The zero-order valence-corrected chi connectivity index (χ0v) is 21.2. The average molecular weight is 473 g/mol. The van der Waals surface area contributed by atoms with E-state index in [1.165, 1.54) is 48.9 Å². The third kappa shape index (κ3) is 5.11. The lowest BCUT2D eigenvalue weighted by Crippen LogP contribution is -2.39. The molecule has 4 aliphatic rings. The molecule has 2 aliphatic heterocycles. The highest BCUT2D eigenvalue weighted by atomic mass is 16.2. The lowest BCUT2D eigenvalue weighted by molar-refractivity contribution is 0.170. The van der Waals surface area contributed by atoms with Gasteiger partial charge in [0.05, 0.1) is 0 Å². The van der Waals surface area contributed by atoms with E-state index in [1.807, 2.05) is 11.1 Å². The van der Waals surface area contributed by atoms with E-state index in [0.717, 1.165) is 63.1 Å². The van der Waals surface area contributed by atoms with Gasteiger partial charge in [0.1, 0.15) is 0 Å². The van der Waals surface area contributed by atoms with E-state index < -0.39 is 0 Å². The van der Waals surface area contributed by atoms with Crippen LogP contribution in [0.5, 0.6) is 0 Å². The van der Waals surface area contributed by atoms with Gasteiger partial charge in [-0.15, -0.1) is 0 Å². The van der Waals surface area contributed by atoms with E-state index in [-0.39, 0.29) is 6.03 Å². The molecule has 2 saturated carbocycles. The van der Waals surface area contributed by atoms with Crippen molar-refractivity contribution in [1.82, 2.24) is 19.7 Å². The lowest BCUT2D eigenvalue weighted by atomic mass is 9.79. The van der Waals surface area contributed by atoms with Gasteiger partial charge < -0.3 is 9.80 Å². The Morgan fingerprint density at radius 1 is 0.914 bits per heavy atom. The second kappa shape index (κ2) is 9.93. The van der Waals surface area contributed by atoms with Gasteiger partial charge in [-0.2, -0.15) is 0 Å². The van der Waals surface area contributed by atoms with Crippen molar-refractivity contribution in [3.8, 4) is 0 Å². The van der Waals surface area contributed by atoms with E-state index >= 15 is 0 Å². The molecule has 5 nitrogen and oxygen atoms in total. The van der Waals surface area contributed by atoms with Crippen LogP contribution in [-0.4, -0.2) is 58.4 Å². The molecule has 1 aromatic carbocycles. The zero-order chi connectivity index (χ0) is 23.8. The molecule has 2 bridgehead atoms. The molecule has 2 amide bonds. The first-order valence-corrected chi connectivity index (χ1v) is 13.9. The third-order valence-corrected chi connectivity index (χ3v) is 9.02. The summed E-state index contributed by atoms with van der Waals surface area (Å²) in [5.74, 6) is 2.98. The van der Waals surface area contributed by atoms with Gasteiger partial charge in [-0.3, -0.25) is 9.88 Å². The molecule has 0 N–H and O–H groups in total. The number of carbonyl (C=O) groups excluding carboxylic acids is 1. The standard InChI is InChI=1S/C30H40N4O/c1-22(18-32-11-10-26-4-2-3-5-27(26)21-32)19-33-12-13-34(30(33)35)20-25-8-9-29(31-17-25)28-15-23-6-7-24(14-23)16-28/h2-5,8-9,17,22-24,28H,6-7,10-16,18-21H2,1H3/t22-,23?,24?,28?/m1/s1. The highest BCUT2D eigenvalue weighted by molar-refractivity contribution is 5.76. The Morgan fingerprint density at radius 3 is 2.46 bits per heavy atom. The van der Waals surface area contributed by atoms with Crippen LogP contribution < -0.4 is 0 Å². The van der Waals surface area contributed by atoms with Crippen LogP contribution in [0.3, 0.4) is 0 Å². The van der Waals surface area contributed by atoms with Gasteiger partial charge in [0.2, 0.25) is 0 Å². The number of urea groups is 1. The topological polar surface area (TPSA) is 39.7 Å². The molecule has 186 valence electrons. The molecule has 3 heterocycles. The number of rotatable bonds is 7. The Balaban J connectivity index is 0.987. The summed E-state index contributed by atoms with van der Waals surface area (Å²) in [4.78, 5) is 24.6. The molecule has 0 radical (unpaired) electrons. The summed E-state index contributed by atoms with van der Waals surface area (Å²) >= 11 is 0. The van der Waals surface area contributed by atoms with E-state index in [0.29, 0.717) is 18.4 Å². The largest absolute Gasteiger partial charge is 0.323 e. The number of aromatic nitrogens is 1. The van der Waals surface area contributed by atoms with Crippen molar-refractivity contribution < 1.29 is 4.79 Å². The van der Waals surface area contributed by atoms with E-state index in [9.17, 15) is 4.79 Å². The van der Waals surface area contributed by atoms with Gasteiger partial charge in [-0.25, -0.2) is 4.79 Å². The van der Waals surface area contributed by atoms with Crippen molar-refractivity contribution >= 4 is 6.03 Å². The summed E-state index contributed by atoms with van der Waals surface area (Å²) in [7, 11) is 0. The quantitative estimate of drug-likeness (QED) is 0.548. The second-order valence-electron chi connectivity index (χ2n) is 11.8. The van der Waals surface area contributed by atoms with Crippen molar-refractivity contribution in [1.29, 1.82) is 0 Å². The summed E-state index contributed by atoms with van der Waals surface area (Å²) in [6.07, 6.45) is 10.1. The van der Waals surface area contributed by atoms with Crippen LogP contribution in [0.15, 0.2) is 42.6 Å². The van der Waals surface area contributed by atoms with Crippen molar-refractivity contribution in [3.05, 3.63) is 65.0 Å². The molecular weight excluding hydrogens is 432 g/mol. The molecule has 1 aromatic heterocycles. The minimum atomic E-state index is 0.189. The number of benzene rings is 1. The van der Waals surface area contributed by atoms with E-state index in [4.69, 9.17) is 4.98 Å². The van der Waals surface area contributed by atoms with Crippen molar-refractivity contribution in [3.63, 3.8) is 0 Å². The smallest absolute Gasteiger partial charge is 0.320 e. The van der Waals surface area contributed by atoms with Crippen molar-refractivity contribution in [2.75, 3.05) is 32.7 Å². The maximum atomic E-state index is 13.1. The first kappa shape index (κ1) is 23.0. The van der Waals surface area contributed by atoms with Gasteiger partial charge in [0.25, 0.3) is 0 Å². The number of amides is 2. The molecule has 1 saturated heterocycles. The van der Waals surface area contributed by atoms with Gasteiger partial charge in [-0.1, -0.05) is 50.1 Å². The fourth-order valence-corrected chi connectivity index (χ4v) is 7.27. The number of nitrogens with zero attached hydrogens (tertiary/aromatic N) is 4. The second-order valence-corrected chi connectivity index (χ2v) is 11.8. The van der Waals surface area contributed by atoms with Gasteiger partial charge in [-0.05, 0) is 66.2 Å². The predicted octanol–water partition coefficient (Wildman–Crippen LogP) is 5.31. The molecular formula is C30H40N4O. The summed E-state index contributed by atoms with van der Waals surface area (Å²) in [5, 5.41) is 0. The fourth-order valence-electron chi connectivity index (χ4n) is 7.27. The van der Waals surface area contributed by atoms with Gasteiger partial charge in [0, 0.05) is 63.6 Å². The van der Waals surface area contributed by atoms with Crippen LogP contribution in [0.2, 0.25) is 0 Å². The Hall–Kier alpha value is -2.40. The Morgan fingerprint density at radius 2 is 1.69 bits per heavy atom. The van der Waals surface area contributed by atoms with Crippen LogP contribution in [0.4, 0.5) is 4.79 Å². The first-order valence-electron chi connectivity index (χ1n) is 13.9. The van der Waals surface area contributed by atoms with Crippen molar-refractivity contribution in [2.45, 2.75) is 64.5 Å². The number of carbonyl (C=O) groups is 1. The molecule has 3 fully saturated rings. The minimum absolute atomic E-state index is 0.189. The van der Waals surface area contributed by atoms with Crippen LogP contribution >= 0.6 is 0 Å². The fraction of sp³-hybridized carbons (Fsp3) is 0.600. The molecule has 5 heteroatoms. The molecule has 6 rings (SSSR count). The number of hydrogen-bond acceptors (Lipinski definition) is 3. The van der Waals surface area contributed by atoms with Crippen LogP contribution in [0.1, 0.15) is 67.3 Å². The van der Waals surface area contributed by atoms with Gasteiger partial charge >= 0.3 is 6.03 Å². The predicted molar refractivity (Wildman–Crippen MR) is 139 cm³/mol. The first-order chi connectivity index (χ1) is 17.1. The summed E-state index contributed by atoms with van der Waals surface area (Å²) in [6.45, 7) is 8.66. The number of fused-ring (bicyclic) bond motifs is 3. The van der Waals surface area contributed by atoms with E-state index in [1.54, 1.807) is 0 Å². The van der Waals surface area contributed by atoms with Crippen LogP contribution in [-0.2, 0) is 19.5 Å². The minimum Gasteiger partial charge on any atom is -0.323 e. The maximum absolute atomic E-state index is 13.1. The Labute approximate surface area is 210 Å². The van der Waals surface area contributed by atoms with Crippen LogP contribution in [0, 0.1) is 17.8 Å². The van der Waals surface area contributed by atoms with Gasteiger partial charge in [0.15, 0.2) is 0 Å². The molecule has 35 heavy (non-hydrogen) atoms. The maximum Gasteiger partial charge on any atom is 0.320 e. The monoisotopic (exact) mass is 472 g/mol. The SMILES string of the molecule is C[C@H](CN1CCc2ccccc2C1)CN1CCN(Cc2ccc(C3CC4CCC(C4)C3)nc2)C1=O. The Bertz CT molecular complexity index is 1020. The summed E-state index contributed by atoms with van der Waals surface area (Å²) in [6, 6.07) is 13.4.